The maximum absolute atomic E-state index is 13.1. The van der Waals surface area contributed by atoms with Gasteiger partial charge in [-0.15, -0.1) is 0 Å². The molecule has 2 atom stereocenters. The SMILES string of the molecule is CC(C)Oc1ccc(C(=O)NC(CNC(=O)C(C)N)Cc2ccc(-c3cn4cccc(Br)c4n3)cc2)cc1Cl. The number of aromatic nitrogens is 2. The molecule has 2 aromatic carbocycles. The number of nitrogens with two attached hydrogens (primary N) is 1. The first-order chi connectivity index (χ1) is 18.6. The quantitative estimate of drug-likeness (QED) is 0.233. The molecule has 2 unspecified atom stereocenters. The Morgan fingerprint density at radius 2 is 1.87 bits per heavy atom. The summed E-state index contributed by atoms with van der Waals surface area (Å²) in [6.07, 6.45) is 4.38. The second kappa shape index (κ2) is 12.6. The second-order valence-electron chi connectivity index (χ2n) is 9.63. The molecule has 0 bridgehead atoms. The van der Waals surface area contributed by atoms with Gasteiger partial charge in [0.15, 0.2) is 5.65 Å². The Labute approximate surface area is 241 Å². The Morgan fingerprint density at radius 1 is 1.13 bits per heavy atom. The molecule has 4 N–H and O–H groups in total. The first kappa shape index (κ1) is 28.6. The number of carbonyl (C=O) groups is 2. The van der Waals surface area contributed by atoms with Crippen molar-refractivity contribution in [3.63, 3.8) is 0 Å². The highest BCUT2D eigenvalue weighted by Gasteiger charge is 2.18. The van der Waals surface area contributed by atoms with Crippen LogP contribution in [0.5, 0.6) is 5.75 Å². The molecule has 0 saturated heterocycles. The zero-order chi connectivity index (χ0) is 28.1. The molecular formula is C29H31BrClN5O3. The topological polar surface area (TPSA) is 111 Å². The van der Waals surface area contributed by atoms with Gasteiger partial charge in [-0.25, -0.2) is 4.98 Å². The standard InChI is InChI=1S/C29H31BrClN5O3/c1-17(2)39-26-11-10-21(14-24(26)31)29(38)34-22(15-33-28(37)18(3)32)13-19-6-8-20(9-7-19)25-16-36-12-4-5-23(30)27(36)35-25/h4-12,14,16-18,22H,13,15,32H2,1-3H3,(H,33,37)(H,34,38). The van der Waals surface area contributed by atoms with E-state index in [1.807, 2.05) is 67.0 Å². The summed E-state index contributed by atoms with van der Waals surface area (Å²) in [6.45, 7) is 5.64. The number of rotatable bonds is 10. The lowest BCUT2D eigenvalue weighted by molar-refractivity contribution is -0.122. The van der Waals surface area contributed by atoms with Crippen LogP contribution in [-0.4, -0.2) is 45.9 Å². The van der Waals surface area contributed by atoms with Crippen molar-refractivity contribution in [1.29, 1.82) is 0 Å². The molecule has 8 nitrogen and oxygen atoms in total. The second-order valence-corrected chi connectivity index (χ2v) is 10.9. The summed E-state index contributed by atoms with van der Waals surface area (Å²) in [6, 6.07) is 15.8. The number of fused-ring (bicyclic) bond motifs is 1. The first-order valence-corrected chi connectivity index (χ1v) is 13.8. The van der Waals surface area contributed by atoms with E-state index >= 15 is 0 Å². The van der Waals surface area contributed by atoms with Crippen LogP contribution < -0.4 is 21.1 Å². The third-order valence-corrected chi connectivity index (χ3v) is 6.91. The molecule has 0 radical (unpaired) electrons. The first-order valence-electron chi connectivity index (χ1n) is 12.6. The van der Waals surface area contributed by atoms with Crippen molar-refractivity contribution < 1.29 is 14.3 Å². The predicted molar refractivity (Wildman–Crippen MR) is 157 cm³/mol. The number of halogens is 2. The van der Waals surface area contributed by atoms with Crippen LogP contribution in [0.3, 0.4) is 0 Å². The summed E-state index contributed by atoms with van der Waals surface area (Å²) in [5, 5.41) is 6.19. The average Bonchev–Trinajstić information content (AvgIpc) is 3.34. The van der Waals surface area contributed by atoms with Gasteiger partial charge < -0.3 is 25.5 Å². The van der Waals surface area contributed by atoms with E-state index in [0.717, 1.165) is 26.9 Å². The molecule has 39 heavy (non-hydrogen) atoms. The van der Waals surface area contributed by atoms with Gasteiger partial charge >= 0.3 is 0 Å². The highest BCUT2D eigenvalue weighted by atomic mass is 79.9. The van der Waals surface area contributed by atoms with E-state index in [9.17, 15) is 9.59 Å². The molecule has 4 rings (SSSR count). The van der Waals surface area contributed by atoms with Crippen molar-refractivity contribution >= 4 is 45.0 Å². The van der Waals surface area contributed by atoms with Gasteiger partial charge in [-0.2, -0.15) is 0 Å². The molecule has 0 saturated carbocycles. The van der Waals surface area contributed by atoms with E-state index in [1.165, 1.54) is 0 Å². The van der Waals surface area contributed by atoms with Crippen molar-refractivity contribution in [3.05, 3.63) is 87.6 Å². The molecule has 10 heteroatoms. The number of hydrogen-bond donors (Lipinski definition) is 3. The molecule has 0 aliphatic rings. The zero-order valence-corrected chi connectivity index (χ0v) is 24.3. The fourth-order valence-electron chi connectivity index (χ4n) is 4.03. The van der Waals surface area contributed by atoms with Crippen LogP contribution in [0.1, 0.15) is 36.7 Å². The normalized spacial score (nSPS) is 12.8. The van der Waals surface area contributed by atoms with Crippen molar-refractivity contribution in [2.45, 2.75) is 45.4 Å². The number of amides is 2. The smallest absolute Gasteiger partial charge is 0.251 e. The Bertz CT molecular complexity index is 1470. The number of hydrogen-bond acceptors (Lipinski definition) is 5. The van der Waals surface area contributed by atoms with Gasteiger partial charge in [-0.1, -0.05) is 35.9 Å². The highest BCUT2D eigenvalue weighted by molar-refractivity contribution is 9.10. The summed E-state index contributed by atoms with van der Waals surface area (Å²) in [7, 11) is 0. The maximum Gasteiger partial charge on any atom is 0.251 e. The zero-order valence-electron chi connectivity index (χ0n) is 21.9. The lowest BCUT2D eigenvalue weighted by Crippen LogP contribution is -2.48. The van der Waals surface area contributed by atoms with Crippen LogP contribution in [0.2, 0.25) is 5.02 Å². The van der Waals surface area contributed by atoms with Gasteiger partial charge in [-0.3, -0.25) is 9.59 Å². The van der Waals surface area contributed by atoms with Gasteiger partial charge in [-0.05, 0) is 79.0 Å². The molecule has 4 aromatic rings. The largest absolute Gasteiger partial charge is 0.489 e. The number of nitrogens with zero attached hydrogens (tertiary/aromatic N) is 2. The summed E-state index contributed by atoms with van der Waals surface area (Å²) in [4.78, 5) is 30.0. The van der Waals surface area contributed by atoms with Crippen LogP contribution >= 0.6 is 27.5 Å². The van der Waals surface area contributed by atoms with Crippen LogP contribution in [0, 0.1) is 0 Å². The van der Waals surface area contributed by atoms with E-state index in [1.54, 1.807) is 25.1 Å². The maximum atomic E-state index is 13.1. The van der Waals surface area contributed by atoms with Gasteiger partial charge in [0, 0.05) is 30.1 Å². The van der Waals surface area contributed by atoms with Crippen LogP contribution in [0.15, 0.2) is 71.5 Å². The Kier molecular flexibility index (Phi) is 9.27. The number of pyridine rings is 1. The minimum atomic E-state index is -0.654. The fraction of sp³-hybridized carbons (Fsp3) is 0.276. The predicted octanol–water partition coefficient (Wildman–Crippen LogP) is 5.01. The summed E-state index contributed by atoms with van der Waals surface area (Å²) < 4.78 is 8.55. The third-order valence-electron chi connectivity index (χ3n) is 6.00. The lowest BCUT2D eigenvalue weighted by atomic mass is 10.0. The van der Waals surface area contributed by atoms with Crippen molar-refractivity contribution in [2.75, 3.05) is 6.54 Å². The summed E-state index contributed by atoms with van der Waals surface area (Å²) in [5.74, 6) is -0.0807. The van der Waals surface area contributed by atoms with Crippen LogP contribution in [-0.2, 0) is 11.2 Å². The van der Waals surface area contributed by atoms with E-state index in [0.29, 0.717) is 22.8 Å². The average molecular weight is 613 g/mol. The van der Waals surface area contributed by atoms with Crippen LogP contribution in [0.25, 0.3) is 16.9 Å². The Balaban J connectivity index is 1.49. The fourth-order valence-corrected chi connectivity index (χ4v) is 4.70. The number of nitrogens with one attached hydrogen (secondary N) is 2. The van der Waals surface area contributed by atoms with E-state index < -0.39 is 6.04 Å². The van der Waals surface area contributed by atoms with Crippen molar-refractivity contribution in [1.82, 2.24) is 20.0 Å². The summed E-state index contributed by atoms with van der Waals surface area (Å²) in [5.41, 5.74) is 9.75. The Morgan fingerprint density at radius 3 is 2.51 bits per heavy atom. The van der Waals surface area contributed by atoms with E-state index in [-0.39, 0.29) is 30.5 Å². The van der Waals surface area contributed by atoms with E-state index in [2.05, 4.69) is 26.6 Å². The number of ether oxygens (including phenoxy) is 1. The Hall–Kier alpha value is -3.40. The van der Waals surface area contributed by atoms with Crippen molar-refractivity contribution in [3.8, 4) is 17.0 Å². The molecule has 204 valence electrons. The lowest BCUT2D eigenvalue weighted by Gasteiger charge is -2.21. The molecule has 0 fully saturated rings. The third kappa shape index (κ3) is 7.38. The van der Waals surface area contributed by atoms with Gasteiger partial charge in [0.25, 0.3) is 5.91 Å². The number of imidazole rings is 1. The van der Waals surface area contributed by atoms with Gasteiger partial charge in [0.1, 0.15) is 5.75 Å². The molecule has 2 heterocycles. The van der Waals surface area contributed by atoms with Crippen LogP contribution in [0.4, 0.5) is 0 Å². The summed E-state index contributed by atoms with van der Waals surface area (Å²) >= 11 is 9.88. The minimum Gasteiger partial charge on any atom is -0.489 e. The van der Waals surface area contributed by atoms with Crippen molar-refractivity contribution in [2.24, 2.45) is 5.73 Å². The number of benzene rings is 2. The molecule has 0 aliphatic heterocycles. The highest BCUT2D eigenvalue weighted by Crippen LogP contribution is 2.27. The van der Waals surface area contributed by atoms with E-state index in [4.69, 9.17) is 27.1 Å². The number of carbonyl (C=O) groups excluding carboxylic acids is 2. The molecule has 2 amide bonds. The minimum absolute atomic E-state index is 0.0407. The molecule has 2 aromatic heterocycles. The molecule has 0 spiro atoms. The monoisotopic (exact) mass is 611 g/mol. The van der Waals surface area contributed by atoms with Gasteiger partial charge in [0.2, 0.25) is 5.91 Å². The molecule has 0 aliphatic carbocycles. The van der Waals surface area contributed by atoms with Gasteiger partial charge in [0.05, 0.1) is 33.4 Å². The molecular weight excluding hydrogens is 582 g/mol.